The fourth-order valence-electron chi connectivity index (χ4n) is 4.05. The van der Waals surface area contributed by atoms with Crippen molar-refractivity contribution < 1.29 is 19.5 Å². The van der Waals surface area contributed by atoms with Crippen molar-refractivity contribution in [2.24, 2.45) is 5.92 Å². The third kappa shape index (κ3) is 5.90. The van der Waals surface area contributed by atoms with E-state index in [9.17, 15) is 14.4 Å². The molecule has 1 aliphatic heterocycles. The zero-order chi connectivity index (χ0) is 22.2. The Morgan fingerprint density at radius 1 is 1.13 bits per heavy atom. The Balaban J connectivity index is 1.85. The second-order valence-electron chi connectivity index (χ2n) is 7.86. The van der Waals surface area contributed by atoms with Crippen molar-refractivity contribution in [2.45, 2.75) is 32.6 Å². The number of nitrogens with zero attached hydrogens (tertiary/aromatic N) is 3. The highest BCUT2D eigenvalue weighted by atomic mass is 16.4. The molecule has 164 valence electrons. The summed E-state index contributed by atoms with van der Waals surface area (Å²) >= 11 is 0. The summed E-state index contributed by atoms with van der Waals surface area (Å²) in [7, 11) is 0. The second kappa shape index (κ2) is 10.7. The summed E-state index contributed by atoms with van der Waals surface area (Å²) in [6, 6.07) is 11.8. The van der Waals surface area contributed by atoms with E-state index in [1.54, 1.807) is 17.3 Å². The van der Waals surface area contributed by atoms with E-state index < -0.39 is 5.97 Å². The van der Waals surface area contributed by atoms with Gasteiger partial charge in [0, 0.05) is 50.6 Å². The summed E-state index contributed by atoms with van der Waals surface area (Å²) in [5, 5.41) is 8.92. The van der Waals surface area contributed by atoms with Gasteiger partial charge >= 0.3 is 5.97 Å². The van der Waals surface area contributed by atoms with Gasteiger partial charge < -0.3 is 14.9 Å². The van der Waals surface area contributed by atoms with E-state index in [2.05, 4.69) is 4.98 Å². The number of rotatable bonds is 8. The highest BCUT2D eigenvalue weighted by Gasteiger charge is 2.32. The molecule has 7 heteroatoms. The Morgan fingerprint density at radius 2 is 1.94 bits per heavy atom. The number of aromatic nitrogens is 1. The molecule has 2 aromatic rings. The monoisotopic (exact) mass is 423 g/mol. The second-order valence-corrected chi connectivity index (χ2v) is 7.86. The van der Waals surface area contributed by atoms with Gasteiger partial charge in [-0.2, -0.15) is 0 Å². The predicted molar refractivity (Wildman–Crippen MR) is 117 cm³/mol. The van der Waals surface area contributed by atoms with Crippen LogP contribution in [0.3, 0.4) is 0 Å². The molecule has 7 nitrogen and oxygen atoms in total. The van der Waals surface area contributed by atoms with Gasteiger partial charge in [-0.15, -0.1) is 0 Å². The lowest BCUT2D eigenvalue weighted by molar-refractivity contribution is -0.141. The van der Waals surface area contributed by atoms with E-state index in [1.165, 1.54) is 0 Å². The van der Waals surface area contributed by atoms with Gasteiger partial charge in [-0.1, -0.05) is 37.3 Å². The number of amides is 2. The zero-order valence-corrected chi connectivity index (χ0v) is 17.9. The quantitative estimate of drug-likeness (QED) is 0.705. The Hall–Kier alpha value is -3.22. The highest BCUT2D eigenvalue weighted by molar-refractivity contribution is 5.84. The number of carbonyl (C=O) groups is 3. The van der Waals surface area contributed by atoms with Crippen LogP contribution in [-0.2, 0) is 20.8 Å². The van der Waals surface area contributed by atoms with Crippen LogP contribution in [0.25, 0.3) is 11.1 Å². The van der Waals surface area contributed by atoms with Crippen LogP contribution in [-0.4, -0.2) is 63.9 Å². The maximum atomic E-state index is 13.3. The predicted octanol–water partition coefficient (Wildman–Crippen LogP) is 2.85. The Kier molecular flexibility index (Phi) is 7.76. The molecule has 0 saturated carbocycles. The van der Waals surface area contributed by atoms with Crippen molar-refractivity contribution in [1.82, 2.24) is 14.8 Å². The molecule has 0 radical (unpaired) electrons. The lowest BCUT2D eigenvalue weighted by Gasteiger charge is -2.24. The first-order valence-corrected chi connectivity index (χ1v) is 10.8. The van der Waals surface area contributed by atoms with Gasteiger partial charge in [-0.05, 0) is 30.0 Å². The third-order valence-electron chi connectivity index (χ3n) is 5.60. The number of carbonyl (C=O) groups excluding carboxylic acids is 2. The fraction of sp³-hybridized carbons (Fsp3) is 0.417. The SMILES string of the molecule is CCCN1CCN(C(=O)CCC(=O)O)CC(Cc2ccccc2-c2cccnc2)C1=O. The number of hydrogen-bond donors (Lipinski definition) is 1. The molecule has 2 heterocycles. The van der Waals surface area contributed by atoms with E-state index in [4.69, 9.17) is 5.11 Å². The Labute approximate surface area is 182 Å². The number of carboxylic acids is 1. The average Bonchev–Trinajstić information content (AvgIpc) is 2.93. The van der Waals surface area contributed by atoms with Gasteiger partial charge in [0.05, 0.1) is 12.3 Å². The van der Waals surface area contributed by atoms with Gasteiger partial charge in [0.2, 0.25) is 11.8 Å². The summed E-state index contributed by atoms with van der Waals surface area (Å²) < 4.78 is 0. The molecule has 1 atom stereocenters. The summed E-state index contributed by atoms with van der Waals surface area (Å²) in [4.78, 5) is 44.5. The maximum absolute atomic E-state index is 13.3. The van der Waals surface area contributed by atoms with Gasteiger partial charge in [0.25, 0.3) is 0 Å². The molecular weight excluding hydrogens is 394 g/mol. The molecule has 1 fully saturated rings. The summed E-state index contributed by atoms with van der Waals surface area (Å²) in [6.07, 6.45) is 4.64. The molecule has 0 spiro atoms. The number of pyridine rings is 1. The van der Waals surface area contributed by atoms with Crippen LogP contribution >= 0.6 is 0 Å². The average molecular weight is 424 g/mol. The van der Waals surface area contributed by atoms with E-state index in [0.717, 1.165) is 23.1 Å². The van der Waals surface area contributed by atoms with Crippen LogP contribution in [0.1, 0.15) is 31.7 Å². The van der Waals surface area contributed by atoms with Gasteiger partial charge in [0.15, 0.2) is 0 Å². The van der Waals surface area contributed by atoms with Crippen molar-refractivity contribution in [1.29, 1.82) is 0 Å². The minimum absolute atomic E-state index is 0.0453. The molecule has 2 amide bonds. The normalized spacial score (nSPS) is 16.8. The lowest BCUT2D eigenvalue weighted by atomic mass is 9.91. The van der Waals surface area contributed by atoms with Crippen LogP contribution in [0.2, 0.25) is 0 Å². The van der Waals surface area contributed by atoms with E-state index >= 15 is 0 Å². The molecule has 31 heavy (non-hydrogen) atoms. The largest absolute Gasteiger partial charge is 0.481 e. The van der Waals surface area contributed by atoms with Crippen LogP contribution in [0.5, 0.6) is 0 Å². The smallest absolute Gasteiger partial charge is 0.303 e. The minimum Gasteiger partial charge on any atom is -0.481 e. The van der Waals surface area contributed by atoms with Crippen molar-refractivity contribution in [3.05, 3.63) is 54.4 Å². The minimum atomic E-state index is -0.992. The maximum Gasteiger partial charge on any atom is 0.303 e. The standard InChI is InChI=1S/C24H29N3O4/c1-2-12-26-13-14-27(22(28)9-10-23(29)30)17-20(24(26)31)15-18-6-3-4-8-21(18)19-7-5-11-25-16-19/h3-8,11,16,20H,2,9-10,12-15,17H2,1H3,(H,29,30). The van der Waals surface area contributed by atoms with Crippen LogP contribution in [0.15, 0.2) is 48.8 Å². The van der Waals surface area contributed by atoms with Crippen LogP contribution < -0.4 is 0 Å². The van der Waals surface area contributed by atoms with Crippen molar-refractivity contribution in [3.8, 4) is 11.1 Å². The molecule has 0 aliphatic carbocycles. The summed E-state index contributed by atoms with van der Waals surface area (Å²) in [5.41, 5.74) is 3.04. The first kappa shape index (κ1) is 22.5. The first-order valence-electron chi connectivity index (χ1n) is 10.8. The van der Waals surface area contributed by atoms with Crippen molar-refractivity contribution >= 4 is 17.8 Å². The van der Waals surface area contributed by atoms with Crippen LogP contribution in [0, 0.1) is 5.92 Å². The van der Waals surface area contributed by atoms with Crippen molar-refractivity contribution in [2.75, 3.05) is 26.2 Å². The molecule has 1 saturated heterocycles. The highest BCUT2D eigenvalue weighted by Crippen LogP contribution is 2.27. The number of carboxylic acid groups (broad SMARTS) is 1. The molecule has 0 bridgehead atoms. The molecular formula is C24H29N3O4. The van der Waals surface area contributed by atoms with E-state index in [1.807, 2.05) is 48.2 Å². The van der Waals surface area contributed by atoms with Crippen LogP contribution in [0.4, 0.5) is 0 Å². The van der Waals surface area contributed by atoms with E-state index in [0.29, 0.717) is 32.6 Å². The first-order chi connectivity index (χ1) is 15.0. The molecule has 1 aromatic carbocycles. The van der Waals surface area contributed by atoms with Gasteiger partial charge in [-0.3, -0.25) is 19.4 Å². The summed E-state index contributed by atoms with van der Waals surface area (Å²) in [6.45, 7) is 3.90. The number of hydrogen-bond acceptors (Lipinski definition) is 4. The topological polar surface area (TPSA) is 90.8 Å². The molecule has 1 unspecified atom stereocenters. The zero-order valence-electron chi connectivity index (χ0n) is 17.9. The molecule has 1 aromatic heterocycles. The lowest BCUT2D eigenvalue weighted by Crippen LogP contribution is -2.38. The van der Waals surface area contributed by atoms with Crippen molar-refractivity contribution in [3.63, 3.8) is 0 Å². The summed E-state index contributed by atoms with van der Waals surface area (Å²) in [5.74, 6) is -1.52. The number of benzene rings is 1. The molecule has 3 rings (SSSR count). The van der Waals surface area contributed by atoms with E-state index in [-0.39, 0.29) is 30.6 Å². The third-order valence-corrected chi connectivity index (χ3v) is 5.60. The van der Waals surface area contributed by atoms with Gasteiger partial charge in [-0.25, -0.2) is 0 Å². The molecule has 1 aliphatic rings. The Bertz CT molecular complexity index is 916. The Morgan fingerprint density at radius 3 is 2.65 bits per heavy atom. The van der Waals surface area contributed by atoms with Gasteiger partial charge in [0.1, 0.15) is 0 Å². The number of aliphatic carboxylic acids is 1. The molecule has 1 N–H and O–H groups in total. The fourth-order valence-corrected chi connectivity index (χ4v) is 4.05.